The van der Waals surface area contributed by atoms with Crippen molar-refractivity contribution < 1.29 is 5.11 Å². The highest BCUT2D eigenvalue weighted by Gasteiger charge is 2.21. The van der Waals surface area contributed by atoms with E-state index in [1.807, 2.05) is 0 Å². The van der Waals surface area contributed by atoms with Crippen molar-refractivity contribution in [2.45, 2.75) is 40.7 Å². The summed E-state index contributed by atoms with van der Waals surface area (Å²) in [5.41, 5.74) is 7.59. The van der Waals surface area contributed by atoms with E-state index in [1.165, 1.54) is 16.7 Å². The van der Waals surface area contributed by atoms with Gasteiger partial charge in [0.05, 0.1) is 0 Å². The Morgan fingerprint density at radius 1 is 0.810 bits per heavy atom. The van der Waals surface area contributed by atoms with E-state index in [4.69, 9.17) is 23.2 Å². The minimum Gasteiger partial charge on any atom is -0.384 e. The van der Waals surface area contributed by atoms with Crippen LogP contribution in [0.15, 0.2) is 18.2 Å². The fourth-order valence-corrected chi connectivity index (χ4v) is 3.33. The van der Waals surface area contributed by atoms with E-state index in [-0.39, 0.29) is 0 Å². The summed E-state index contributed by atoms with van der Waals surface area (Å²) in [5.74, 6) is 0. The lowest BCUT2D eigenvalue weighted by atomic mass is 9.85. The maximum atomic E-state index is 10.8. The Morgan fingerprint density at radius 2 is 1.29 bits per heavy atom. The van der Waals surface area contributed by atoms with Crippen molar-refractivity contribution in [2.24, 2.45) is 0 Å². The van der Waals surface area contributed by atoms with Gasteiger partial charge >= 0.3 is 0 Å². The first kappa shape index (κ1) is 16.4. The highest BCUT2D eigenvalue weighted by Crippen LogP contribution is 2.36. The zero-order chi connectivity index (χ0) is 15.9. The van der Waals surface area contributed by atoms with E-state index in [0.29, 0.717) is 15.6 Å². The van der Waals surface area contributed by atoms with Crippen LogP contribution in [0.2, 0.25) is 10.0 Å². The second-order valence-electron chi connectivity index (χ2n) is 5.61. The molecular weight excluding hydrogens is 303 g/mol. The van der Waals surface area contributed by atoms with Crippen LogP contribution in [0.1, 0.15) is 45.0 Å². The number of aliphatic hydroxyl groups excluding tert-OH is 1. The number of hydrogen-bond donors (Lipinski definition) is 1. The third-order valence-electron chi connectivity index (χ3n) is 4.59. The molecule has 21 heavy (non-hydrogen) atoms. The van der Waals surface area contributed by atoms with E-state index < -0.39 is 6.10 Å². The molecule has 0 aliphatic carbocycles. The highest BCUT2D eigenvalue weighted by molar-refractivity contribution is 6.35. The van der Waals surface area contributed by atoms with E-state index in [9.17, 15) is 5.11 Å². The fourth-order valence-electron chi connectivity index (χ4n) is 2.82. The van der Waals surface area contributed by atoms with Gasteiger partial charge in [0.1, 0.15) is 6.10 Å². The van der Waals surface area contributed by atoms with Gasteiger partial charge in [0.2, 0.25) is 0 Å². The van der Waals surface area contributed by atoms with Gasteiger partial charge in [-0.25, -0.2) is 0 Å². The normalized spacial score (nSPS) is 12.6. The molecule has 0 spiro atoms. The van der Waals surface area contributed by atoms with Crippen LogP contribution in [0.3, 0.4) is 0 Å². The molecule has 2 aromatic carbocycles. The molecule has 0 saturated carbocycles. The first-order chi connectivity index (χ1) is 9.75. The topological polar surface area (TPSA) is 20.2 Å². The molecule has 2 rings (SSSR count). The van der Waals surface area contributed by atoms with Gasteiger partial charge in [-0.1, -0.05) is 29.3 Å². The average molecular weight is 323 g/mol. The number of aliphatic hydroxyl groups is 1. The van der Waals surface area contributed by atoms with Gasteiger partial charge in [-0.15, -0.1) is 0 Å². The molecule has 0 fully saturated rings. The average Bonchev–Trinajstić information content (AvgIpc) is 2.43. The molecule has 1 unspecified atom stereocenters. The zero-order valence-electron chi connectivity index (χ0n) is 13.0. The number of halogens is 2. The fraction of sp³-hybridized carbons (Fsp3) is 0.333. The van der Waals surface area contributed by atoms with Gasteiger partial charge in [-0.2, -0.15) is 0 Å². The second kappa shape index (κ2) is 6.00. The molecule has 0 radical (unpaired) electrons. The van der Waals surface area contributed by atoms with Crippen LogP contribution in [0.4, 0.5) is 0 Å². The molecule has 0 saturated heterocycles. The Labute approximate surface area is 136 Å². The second-order valence-corrected chi connectivity index (χ2v) is 6.45. The van der Waals surface area contributed by atoms with Crippen LogP contribution in [0.5, 0.6) is 0 Å². The summed E-state index contributed by atoms with van der Waals surface area (Å²) in [6.45, 7) is 10.4. The molecule has 0 aliphatic rings. The Hall–Kier alpha value is -1.02. The third kappa shape index (κ3) is 2.83. The van der Waals surface area contributed by atoms with Gasteiger partial charge in [0.15, 0.2) is 0 Å². The lowest BCUT2D eigenvalue weighted by Gasteiger charge is -2.23. The first-order valence-electron chi connectivity index (χ1n) is 6.95. The Morgan fingerprint density at radius 3 is 1.76 bits per heavy atom. The Kier molecular flexibility index (Phi) is 4.67. The Balaban J connectivity index is 2.66. The number of rotatable bonds is 2. The molecule has 1 atom stereocenters. The van der Waals surface area contributed by atoms with Crippen LogP contribution in [0, 0.1) is 34.6 Å². The molecule has 0 heterocycles. The van der Waals surface area contributed by atoms with Crippen LogP contribution in [-0.2, 0) is 0 Å². The summed E-state index contributed by atoms with van der Waals surface area (Å²) < 4.78 is 0. The lowest BCUT2D eigenvalue weighted by molar-refractivity contribution is 0.218. The van der Waals surface area contributed by atoms with Crippen molar-refractivity contribution >= 4 is 23.2 Å². The SMILES string of the molecule is Cc1c(C)c(C)c(C(O)c2ccc(Cl)cc2Cl)c(C)c1C. The molecule has 0 amide bonds. The Bertz CT molecular complexity index is 676. The quantitative estimate of drug-likeness (QED) is 0.761. The standard InChI is InChI=1S/C18H20Cl2O/c1-9-10(2)12(4)17(13(5)11(9)3)18(21)15-7-6-14(19)8-16(15)20/h6-8,18,21H,1-5H3. The zero-order valence-corrected chi connectivity index (χ0v) is 14.5. The summed E-state index contributed by atoms with van der Waals surface area (Å²) in [7, 11) is 0. The minimum absolute atomic E-state index is 0.490. The molecule has 1 nitrogen and oxygen atoms in total. The largest absolute Gasteiger partial charge is 0.384 e. The third-order valence-corrected chi connectivity index (χ3v) is 5.15. The molecule has 3 heteroatoms. The van der Waals surface area contributed by atoms with Crippen LogP contribution in [-0.4, -0.2) is 5.11 Å². The first-order valence-corrected chi connectivity index (χ1v) is 7.71. The van der Waals surface area contributed by atoms with Crippen LogP contribution >= 0.6 is 23.2 Å². The van der Waals surface area contributed by atoms with Crippen molar-refractivity contribution in [3.8, 4) is 0 Å². The van der Waals surface area contributed by atoms with Crippen molar-refractivity contribution in [2.75, 3.05) is 0 Å². The van der Waals surface area contributed by atoms with Gasteiger partial charge in [-0.3, -0.25) is 0 Å². The smallest absolute Gasteiger partial charge is 0.106 e. The summed E-state index contributed by atoms with van der Waals surface area (Å²) in [6.07, 6.45) is -0.743. The predicted molar refractivity (Wildman–Crippen MR) is 90.7 cm³/mol. The van der Waals surface area contributed by atoms with Crippen molar-refractivity contribution in [1.29, 1.82) is 0 Å². The summed E-state index contributed by atoms with van der Waals surface area (Å²) in [6, 6.07) is 5.21. The molecule has 112 valence electrons. The van der Waals surface area contributed by atoms with E-state index in [0.717, 1.165) is 16.7 Å². The molecule has 0 bridgehead atoms. The summed E-state index contributed by atoms with van der Waals surface area (Å²) in [5, 5.41) is 11.9. The van der Waals surface area contributed by atoms with Crippen LogP contribution < -0.4 is 0 Å². The molecule has 0 aliphatic heterocycles. The van der Waals surface area contributed by atoms with E-state index in [2.05, 4.69) is 34.6 Å². The molecule has 1 N–H and O–H groups in total. The predicted octanol–water partition coefficient (Wildman–Crippen LogP) is 5.62. The van der Waals surface area contributed by atoms with Gasteiger partial charge in [0.25, 0.3) is 0 Å². The van der Waals surface area contributed by atoms with Crippen molar-refractivity contribution in [3.63, 3.8) is 0 Å². The molecule has 0 aromatic heterocycles. The lowest BCUT2D eigenvalue weighted by Crippen LogP contribution is -2.09. The molecule has 2 aromatic rings. The maximum absolute atomic E-state index is 10.8. The monoisotopic (exact) mass is 322 g/mol. The summed E-state index contributed by atoms with van der Waals surface area (Å²) in [4.78, 5) is 0. The van der Waals surface area contributed by atoms with Crippen LogP contribution in [0.25, 0.3) is 0 Å². The highest BCUT2D eigenvalue weighted by atomic mass is 35.5. The minimum atomic E-state index is -0.743. The van der Waals surface area contributed by atoms with E-state index in [1.54, 1.807) is 18.2 Å². The van der Waals surface area contributed by atoms with Gasteiger partial charge < -0.3 is 5.11 Å². The molecular formula is C18H20Cl2O. The number of hydrogen-bond acceptors (Lipinski definition) is 1. The number of benzene rings is 2. The van der Waals surface area contributed by atoms with Crippen molar-refractivity contribution in [1.82, 2.24) is 0 Å². The van der Waals surface area contributed by atoms with Gasteiger partial charge in [-0.05, 0) is 80.1 Å². The maximum Gasteiger partial charge on any atom is 0.106 e. The van der Waals surface area contributed by atoms with E-state index >= 15 is 0 Å². The van der Waals surface area contributed by atoms with Crippen molar-refractivity contribution in [3.05, 3.63) is 67.2 Å². The summed E-state index contributed by atoms with van der Waals surface area (Å²) >= 11 is 12.2. The van der Waals surface area contributed by atoms with Gasteiger partial charge in [0, 0.05) is 15.6 Å².